The molecule has 0 saturated carbocycles. The lowest BCUT2D eigenvalue weighted by atomic mass is 10.0. The molecule has 0 heterocycles. The topological polar surface area (TPSA) is 95.7 Å². The number of ether oxygens (including phenoxy) is 2. The van der Waals surface area contributed by atoms with Crippen molar-refractivity contribution >= 4 is 17.6 Å². The van der Waals surface area contributed by atoms with Crippen LogP contribution in [0.15, 0.2) is 72.8 Å². The number of carbonyl (C=O) groups excluding carboxylic acids is 2. The van der Waals surface area contributed by atoms with Gasteiger partial charge in [0.05, 0.1) is 10.5 Å². The molecule has 182 valence electrons. The average Bonchev–Trinajstić information content (AvgIpc) is 2.87. The second kappa shape index (κ2) is 13.0. The van der Waals surface area contributed by atoms with Crippen LogP contribution in [-0.2, 0) is 4.79 Å². The Hall–Kier alpha value is -4.00. The van der Waals surface area contributed by atoms with Gasteiger partial charge in [0.2, 0.25) is 0 Å². The number of nitrogens with zero attached hydrogens (tertiary/aromatic N) is 1. The number of esters is 2. The van der Waals surface area contributed by atoms with Gasteiger partial charge in [-0.1, -0.05) is 63.3 Å². The van der Waals surface area contributed by atoms with E-state index in [4.69, 9.17) is 9.47 Å². The first-order valence-electron chi connectivity index (χ1n) is 11.8. The van der Waals surface area contributed by atoms with Crippen LogP contribution in [0.1, 0.15) is 62.2 Å². The van der Waals surface area contributed by atoms with Gasteiger partial charge in [-0.15, -0.1) is 0 Å². The first-order valence-corrected chi connectivity index (χ1v) is 11.8. The maximum Gasteiger partial charge on any atom is 0.343 e. The average molecular weight is 476 g/mol. The second-order valence-electron chi connectivity index (χ2n) is 8.23. The summed E-state index contributed by atoms with van der Waals surface area (Å²) in [6.45, 7) is 2.18. The quantitative estimate of drug-likeness (QED) is 0.0908. The third-order valence-corrected chi connectivity index (χ3v) is 5.53. The Morgan fingerprint density at radius 1 is 0.714 bits per heavy atom. The van der Waals surface area contributed by atoms with Crippen LogP contribution < -0.4 is 9.47 Å². The van der Waals surface area contributed by atoms with Crippen molar-refractivity contribution in [1.29, 1.82) is 0 Å². The number of hydrogen-bond acceptors (Lipinski definition) is 6. The largest absolute Gasteiger partial charge is 0.427 e. The number of non-ortho nitro benzene ring substituents is 1. The highest BCUT2D eigenvalue weighted by molar-refractivity contribution is 5.91. The van der Waals surface area contributed by atoms with Crippen molar-refractivity contribution in [3.63, 3.8) is 0 Å². The summed E-state index contributed by atoms with van der Waals surface area (Å²) in [5.41, 5.74) is 2.08. The van der Waals surface area contributed by atoms with E-state index in [1.165, 1.54) is 43.5 Å². The Balaban J connectivity index is 1.50. The fraction of sp³-hybridized carbons (Fsp3) is 0.286. The van der Waals surface area contributed by atoms with Gasteiger partial charge >= 0.3 is 11.9 Å². The molecule has 0 unspecified atom stereocenters. The van der Waals surface area contributed by atoms with Crippen molar-refractivity contribution in [3.05, 3.63) is 88.5 Å². The molecule has 0 amide bonds. The van der Waals surface area contributed by atoms with Gasteiger partial charge in [0.1, 0.15) is 11.5 Å². The van der Waals surface area contributed by atoms with E-state index in [-0.39, 0.29) is 17.4 Å². The summed E-state index contributed by atoms with van der Waals surface area (Å²) in [5, 5.41) is 10.7. The zero-order valence-electron chi connectivity index (χ0n) is 19.8. The molecule has 0 spiro atoms. The summed E-state index contributed by atoms with van der Waals surface area (Å²) in [6, 6.07) is 19.4. The summed E-state index contributed by atoms with van der Waals surface area (Å²) in [5.74, 6) is -0.0403. The van der Waals surface area contributed by atoms with Gasteiger partial charge < -0.3 is 9.47 Å². The number of nitro benzene ring substituents is 1. The van der Waals surface area contributed by atoms with Crippen LogP contribution >= 0.6 is 0 Å². The molecule has 0 saturated heterocycles. The van der Waals surface area contributed by atoms with Gasteiger partial charge in [0.25, 0.3) is 5.69 Å². The molecule has 7 heteroatoms. The van der Waals surface area contributed by atoms with Crippen molar-refractivity contribution in [2.45, 2.75) is 51.9 Å². The molecule has 0 N–H and O–H groups in total. The van der Waals surface area contributed by atoms with Crippen molar-refractivity contribution in [3.8, 4) is 22.6 Å². The zero-order chi connectivity index (χ0) is 25.0. The molecule has 7 nitrogen and oxygen atoms in total. The monoisotopic (exact) mass is 475 g/mol. The van der Waals surface area contributed by atoms with E-state index in [9.17, 15) is 19.7 Å². The molecular formula is C28H29NO6. The summed E-state index contributed by atoms with van der Waals surface area (Å²) >= 11 is 0. The number of hydrogen-bond donors (Lipinski definition) is 0. The van der Waals surface area contributed by atoms with E-state index in [0.29, 0.717) is 17.7 Å². The van der Waals surface area contributed by atoms with Crippen molar-refractivity contribution in [1.82, 2.24) is 0 Å². The highest BCUT2D eigenvalue weighted by Gasteiger charge is 2.11. The fourth-order valence-corrected chi connectivity index (χ4v) is 3.55. The number of nitro groups is 1. The first-order chi connectivity index (χ1) is 17.0. The van der Waals surface area contributed by atoms with E-state index in [0.717, 1.165) is 30.4 Å². The molecule has 35 heavy (non-hydrogen) atoms. The zero-order valence-corrected chi connectivity index (χ0v) is 19.8. The van der Waals surface area contributed by atoms with Crippen LogP contribution in [0.3, 0.4) is 0 Å². The number of unbranched alkanes of at least 4 members (excludes halogenated alkanes) is 5. The van der Waals surface area contributed by atoms with E-state index < -0.39 is 10.9 Å². The molecule has 0 aliphatic rings. The van der Waals surface area contributed by atoms with Crippen LogP contribution in [0.5, 0.6) is 11.5 Å². The highest BCUT2D eigenvalue weighted by atomic mass is 16.6. The Morgan fingerprint density at radius 2 is 1.23 bits per heavy atom. The van der Waals surface area contributed by atoms with Crippen LogP contribution in [0.2, 0.25) is 0 Å². The van der Waals surface area contributed by atoms with Crippen LogP contribution in [-0.4, -0.2) is 16.9 Å². The summed E-state index contributed by atoms with van der Waals surface area (Å²) < 4.78 is 10.7. The maximum atomic E-state index is 12.4. The van der Waals surface area contributed by atoms with Crippen molar-refractivity contribution in [2.75, 3.05) is 0 Å². The minimum Gasteiger partial charge on any atom is -0.427 e. The van der Waals surface area contributed by atoms with E-state index in [1.807, 2.05) is 12.1 Å². The molecule has 3 rings (SSSR count). The molecule has 0 fully saturated rings. The minimum atomic E-state index is -0.557. The van der Waals surface area contributed by atoms with E-state index in [2.05, 4.69) is 6.92 Å². The lowest BCUT2D eigenvalue weighted by molar-refractivity contribution is -0.384. The molecule has 3 aromatic rings. The van der Waals surface area contributed by atoms with E-state index >= 15 is 0 Å². The second-order valence-corrected chi connectivity index (χ2v) is 8.23. The van der Waals surface area contributed by atoms with Crippen LogP contribution in [0, 0.1) is 10.1 Å². The lowest BCUT2D eigenvalue weighted by Crippen LogP contribution is -2.08. The minimum absolute atomic E-state index is 0.0762. The Morgan fingerprint density at radius 3 is 1.83 bits per heavy atom. The van der Waals surface area contributed by atoms with Crippen molar-refractivity contribution < 1.29 is 24.0 Å². The van der Waals surface area contributed by atoms with Gasteiger partial charge in [-0.2, -0.15) is 0 Å². The molecule has 0 aromatic heterocycles. The number of benzene rings is 3. The SMILES string of the molecule is CCCCCCCCC(=O)Oc1ccc(-c2ccc(C(=O)Oc3ccc([N+](=O)[O-])cc3)cc2)cc1. The predicted octanol–water partition coefficient (Wildman–Crippen LogP) is 7.14. The molecule has 0 atom stereocenters. The van der Waals surface area contributed by atoms with Crippen LogP contribution in [0.4, 0.5) is 5.69 Å². The standard InChI is InChI=1S/C28H29NO6/c1-2-3-4-5-6-7-8-27(30)34-25-17-13-22(14-18-25)21-9-11-23(12-10-21)28(31)35-26-19-15-24(16-20-26)29(32)33/h9-20H,2-8H2,1H3. The molecule has 0 aliphatic heterocycles. The molecule has 0 radical (unpaired) electrons. The normalized spacial score (nSPS) is 10.5. The fourth-order valence-electron chi connectivity index (χ4n) is 3.55. The van der Waals surface area contributed by atoms with Gasteiger partial charge in [-0.25, -0.2) is 4.79 Å². The predicted molar refractivity (Wildman–Crippen MR) is 134 cm³/mol. The van der Waals surface area contributed by atoms with Crippen LogP contribution in [0.25, 0.3) is 11.1 Å². The Kier molecular flexibility index (Phi) is 9.54. The summed E-state index contributed by atoms with van der Waals surface area (Å²) in [7, 11) is 0. The smallest absolute Gasteiger partial charge is 0.343 e. The summed E-state index contributed by atoms with van der Waals surface area (Å²) in [6.07, 6.45) is 7.14. The molecule has 3 aromatic carbocycles. The van der Waals surface area contributed by atoms with E-state index in [1.54, 1.807) is 36.4 Å². The summed E-state index contributed by atoms with van der Waals surface area (Å²) in [4.78, 5) is 34.6. The van der Waals surface area contributed by atoms with Gasteiger partial charge in [0, 0.05) is 18.6 Å². The Bertz CT molecular complexity index is 1120. The third kappa shape index (κ3) is 8.07. The van der Waals surface area contributed by atoms with Gasteiger partial charge in [-0.3, -0.25) is 14.9 Å². The lowest BCUT2D eigenvalue weighted by Gasteiger charge is -2.08. The van der Waals surface area contributed by atoms with Crippen molar-refractivity contribution in [2.24, 2.45) is 0 Å². The molecule has 0 bridgehead atoms. The molecular weight excluding hydrogens is 446 g/mol. The Labute approximate surface area is 204 Å². The maximum absolute atomic E-state index is 12.4. The highest BCUT2D eigenvalue weighted by Crippen LogP contribution is 2.24. The van der Waals surface area contributed by atoms with Gasteiger partial charge in [-0.05, 0) is 53.9 Å². The van der Waals surface area contributed by atoms with Gasteiger partial charge in [0.15, 0.2) is 0 Å². The number of carbonyl (C=O) groups is 2. The number of rotatable bonds is 12. The first kappa shape index (κ1) is 25.6. The molecule has 0 aliphatic carbocycles. The third-order valence-electron chi connectivity index (χ3n) is 5.53.